The average molecular weight is 1200 g/mol. The lowest BCUT2D eigenvalue weighted by atomic mass is 10.0. The molecule has 3 N–H and O–H groups in total. The van der Waals surface area contributed by atoms with E-state index in [4.69, 9.17) is 24.3 Å². The first-order valence-electron chi connectivity index (χ1n) is 34.3. The molecule has 0 aliphatic heterocycles. The number of nitrogens with two attached hydrogens (primary N) is 1. The maximum atomic E-state index is 12.8. The third kappa shape index (κ3) is 68.9. The van der Waals surface area contributed by atoms with Crippen molar-refractivity contribution < 1.29 is 37.6 Å². The lowest BCUT2D eigenvalue weighted by Crippen LogP contribution is -2.29. The average Bonchev–Trinajstić information content (AvgIpc) is 3.52. The zero-order valence-electron chi connectivity index (χ0n) is 54.3. The minimum Gasteiger partial charge on any atom is -0.462 e. The topological polar surface area (TPSA) is 134 Å². The van der Waals surface area contributed by atoms with Gasteiger partial charge in [0.05, 0.1) is 13.2 Å². The summed E-state index contributed by atoms with van der Waals surface area (Å²) >= 11 is 0. The van der Waals surface area contributed by atoms with Gasteiger partial charge in [0, 0.05) is 19.4 Å². The minimum atomic E-state index is -4.41. The smallest absolute Gasteiger partial charge is 0.462 e. The van der Waals surface area contributed by atoms with Crippen LogP contribution in [0, 0.1) is 0 Å². The van der Waals surface area contributed by atoms with Gasteiger partial charge in [0.15, 0.2) is 6.10 Å². The van der Waals surface area contributed by atoms with E-state index >= 15 is 0 Å². The van der Waals surface area contributed by atoms with Gasteiger partial charge < -0.3 is 20.1 Å². The van der Waals surface area contributed by atoms with Gasteiger partial charge in [-0.1, -0.05) is 295 Å². The van der Waals surface area contributed by atoms with E-state index in [0.717, 1.165) is 116 Å². The highest BCUT2D eigenvalue weighted by Crippen LogP contribution is 2.43. The number of rotatable bonds is 63. The number of phosphoric ester groups is 1. The highest BCUT2D eigenvalue weighted by atomic mass is 31.2. The molecule has 0 fully saturated rings. The Kier molecular flexibility index (Phi) is 65.7. The second-order valence-electron chi connectivity index (χ2n) is 22.3. The molecule has 0 bridgehead atoms. The predicted molar refractivity (Wildman–Crippen MR) is 367 cm³/mol. The number of ether oxygens (including phenoxy) is 2. The van der Waals surface area contributed by atoms with Crippen LogP contribution in [-0.2, 0) is 32.7 Å². The lowest BCUT2D eigenvalue weighted by molar-refractivity contribution is -0.161. The van der Waals surface area contributed by atoms with Crippen LogP contribution in [-0.4, -0.2) is 49.3 Å². The molecule has 2 unspecified atom stereocenters. The number of carbonyl (C=O) groups excluding carboxylic acids is 2. The molecule has 85 heavy (non-hydrogen) atoms. The molecule has 0 saturated carbocycles. The van der Waals surface area contributed by atoms with E-state index in [9.17, 15) is 19.0 Å². The molecule has 484 valence electrons. The molecule has 2 atom stereocenters. The van der Waals surface area contributed by atoms with Crippen LogP contribution >= 0.6 is 7.82 Å². The number of esters is 2. The lowest BCUT2D eigenvalue weighted by Gasteiger charge is -2.19. The Bertz CT molecular complexity index is 1900. The van der Waals surface area contributed by atoms with Crippen molar-refractivity contribution in [1.29, 1.82) is 0 Å². The predicted octanol–water partition coefficient (Wildman–Crippen LogP) is 22.6. The summed E-state index contributed by atoms with van der Waals surface area (Å²) in [5, 5.41) is 0. The second-order valence-corrected chi connectivity index (χ2v) is 23.8. The van der Waals surface area contributed by atoms with E-state index in [2.05, 4.69) is 160 Å². The third-order valence-corrected chi connectivity index (χ3v) is 15.2. The first-order chi connectivity index (χ1) is 41.8. The molecule has 0 amide bonds. The number of carbonyl (C=O) groups is 2. The number of unbranched alkanes of at least 4 members (excludes halogenated alkanes) is 26. The molecule has 0 spiro atoms. The Hall–Kier alpha value is -4.11. The van der Waals surface area contributed by atoms with Crippen molar-refractivity contribution in [3.63, 3.8) is 0 Å². The molecule has 0 heterocycles. The maximum Gasteiger partial charge on any atom is 0.472 e. The molecule has 0 rings (SSSR count). The summed E-state index contributed by atoms with van der Waals surface area (Å²) in [5.74, 6) is -0.859. The Morgan fingerprint density at radius 1 is 0.365 bits per heavy atom. The molecule has 0 saturated heterocycles. The highest BCUT2D eigenvalue weighted by molar-refractivity contribution is 7.47. The van der Waals surface area contributed by atoms with Crippen molar-refractivity contribution in [1.82, 2.24) is 0 Å². The van der Waals surface area contributed by atoms with Crippen molar-refractivity contribution in [3.05, 3.63) is 146 Å². The van der Waals surface area contributed by atoms with Crippen LogP contribution in [0.4, 0.5) is 0 Å². The highest BCUT2D eigenvalue weighted by Gasteiger charge is 2.26. The normalized spacial score (nSPS) is 13.9. The van der Waals surface area contributed by atoms with E-state index in [0.29, 0.717) is 6.42 Å². The van der Waals surface area contributed by atoms with E-state index < -0.39 is 26.5 Å². The summed E-state index contributed by atoms with van der Waals surface area (Å²) in [6.45, 7) is 3.60. The van der Waals surface area contributed by atoms with Gasteiger partial charge in [-0.3, -0.25) is 18.6 Å². The fourth-order valence-corrected chi connectivity index (χ4v) is 9.93. The van der Waals surface area contributed by atoms with Gasteiger partial charge in [0.2, 0.25) is 0 Å². The van der Waals surface area contributed by atoms with Gasteiger partial charge in [0.1, 0.15) is 6.61 Å². The van der Waals surface area contributed by atoms with Gasteiger partial charge in [0.25, 0.3) is 0 Å². The standard InChI is InChI=1S/C75H126NO8P/c1-3-5-7-9-11-13-15-17-19-21-23-25-27-29-31-33-34-35-36-37-38-40-42-44-46-48-50-52-54-56-58-60-62-64-66-68-75(78)84-73(72-83-85(79,80)82-70-69-76)71-81-74(77)67-65-63-61-59-57-55-53-51-49-47-45-43-41-39-32-30-28-26-24-22-20-18-16-14-12-10-8-6-4-2/h5,7,11,13,16-19,22-25,29,31,34-35,37-38,42,44,48,50,54,56,73H,3-4,6,8-10,12,14-15,20-21,26-28,30,32-33,36,39-41,43,45-47,49,51-53,55,57-72,76H2,1-2H3,(H,79,80)/b7-5-,13-11-,18-16-,19-17-,24-22-,25-23-,31-29-,35-34-,38-37-,44-42-,50-48-,56-54-. The third-order valence-electron chi connectivity index (χ3n) is 14.2. The molecule has 0 aliphatic rings. The molecule has 0 aliphatic carbocycles. The van der Waals surface area contributed by atoms with Crippen LogP contribution in [0.15, 0.2) is 146 Å². The van der Waals surface area contributed by atoms with Gasteiger partial charge in [-0.2, -0.15) is 0 Å². The minimum absolute atomic E-state index is 0.0422. The number of allylic oxidation sites excluding steroid dienone is 24. The molecule has 0 aromatic rings. The molecular weight excluding hydrogens is 1070 g/mol. The monoisotopic (exact) mass is 1200 g/mol. The van der Waals surface area contributed by atoms with E-state index in [1.54, 1.807) is 0 Å². The van der Waals surface area contributed by atoms with Gasteiger partial charge in [-0.25, -0.2) is 4.57 Å². The molecular formula is C75H126NO8P. The van der Waals surface area contributed by atoms with Gasteiger partial charge in [-0.15, -0.1) is 0 Å². The first-order valence-corrected chi connectivity index (χ1v) is 35.8. The van der Waals surface area contributed by atoms with Crippen LogP contribution in [0.1, 0.15) is 284 Å². The van der Waals surface area contributed by atoms with Crippen molar-refractivity contribution in [3.8, 4) is 0 Å². The SMILES string of the molecule is CC/C=C\C/C=C\C/C=C\C/C=C\C/C=C\C/C=C\C/C=C\C/C=C\C/C=C\C/C=C\CCCCCCC(=O)OC(COC(=O)CCCCCCCCCCCCCCCCCCC/C=C\C/C=C\CCCCCCC)COP(=O)(O)OCCN. The second kappa shape index (κ2) is 69.0. The number of phosphoric acid groups is 1. The summed E-state index contributed by atoms with van der Waals surface area (Å²) in [4.78, 5) is 35.3. The van der Waals surface area contributed by atoms with Crippen LogP contribution in [0.3, 0.4) is 0 Å². The van der Waals surface area contributed by atoms with Crippen LogP contribution in [0.2, 0.25) is 0 Å². The summed E-state index contributed by atoms with van der Waals surface area (Å²) in [6.07, 6.45) is 99.3. The summed E-state index contributed by atoms with van der Waals surface area (Å²) in [7, 11) is -4.41. The fraction of sp³-hybridized carbons (Fsp3) is 0.653. The summed E-state index contributed by atoms with van der Waals surface area (Å²) in [5.41, 5.74) is 5.40. The van der Waals surface area contributed by atoms with E-state index in [1.165, 1.54) is 135 Å². The maximum absolute atomic E-state index is 12.8. The molecule has 0 aromatic heterocycles. The number of hydrogen-bond donors (Lipinski definition) is 2. The Morgan fingerprint density at radius 3 is 0.965 bits per heavy atom. The summed E-state index contributed by atoms with van der Waals surface area (Å²) in [6, 6.07) is 0. The van der Waals surface area contributed by atoms with Gasteiger partial charge >= 0.3 is 19.8 Å². The fourth-order valence-electron chi connectivity index (χ4n) is 9.17. The Balaban J connectivity index is 4.01. The molecule has 10 heteroatoms. The van der Waals surface area contributed by atoms with Crippen LogP contribution in [0.5, 0.6) is 0 Å². The summed E-state index contributed by atoms with van der Waals surface area (Å²) < 4.78 is 33.1. The zero-order valence-corrected chi connectivity index (χ0v) is 55.2. The number of hydrogen-bond acceptors (Lipinski definition) is 8. The van der Waals surface area contributed by atoms with Crippen molar-refractivity contribution >= 4 is 19.8 Å². The van der Waals surface area contributed by atoms with Crippen LogP contribution < -0.4 is 5.73 Å². The molecule has 9 nitrogen and oxygen atoms in total. The Labute approximate surface area is 522 Å². The van der Waals surface area contributed by atoms with Crippen molar-refractivity contribution in [2.75, 3.05) is 26.4 Å². The first kappa shape index (κ1) is 80.9. The quantitative estimate of drug-likeness (QED) is 0.0264. The van der Waals surface area contributed by atoms with E-state index in [-0.39, 0.29) is 38.6 Å². The largest absolute Gasteiger partial charge is 0.472 e. The van der Waals surface area contributed by atoms with Gasteiger partial charge in [-0.05, 0) is 122 Å². The van der Waals surface area contributed by atoms with Crippen LogP contribution in [0.25, 0.3) is 0 Å². The molecule has 0 aromatic carbocycles. The van der Waals surface area contributed by atoms with E-state index in [1.807, 2.05) is 0 Å². The van der Waals surface area contributed by atoms with Crippen molar-refractivity contribution in [2.45, 2.75) is 290 Å². The van der Waals surface area contributed by atoms with Crippen molar-refractivity contribution in [2.24, 2.45) is 5.73 Å². The molecule has 0 radical (unpaired) electrons. The zero-order chi connectivity index (χ0) is 61.6. The Morgan fingerprint density at radius 2 is 0.647 bits per heavy atom.